The molecule has 0 bridgehead atoms. The third-order valence-electron chi connectivity index (χ3n) is 2.91. The van der Waals surface area contributed by atoms with Gasteiger partial charge in [-0.15, -0.1) is 10.2 Å². The Balaban J connectivity index is 1.59. The van der Waals surface area contributed by atoms with Crippen LogP contribution in [0.1, 0.15) is 24.0 Å². The SMILES string of the molecule is Cc1noc(CCCc2nnc(-c3ccc(Br)cc3)o2)n1. The summed E-state index contributed by atoms with van der Waals surface area (Å²) in [6.45, 7) is 1.80. The van der Waals surface area contributed by atoms with Gasteiger partial charge in [0.25, 0.3) is 0 Å². The van der Waals surface area contributed by atoms with Crippen LogP contribution in [0.5, 0.6) is 0 Å². The van der Waals surface area contributed by atoms with Crippen LogP contribution in [0.25, 0.3) is 11.5 Å². The van der Waals surface area contributed by atoms with Gasteiger partial charge in [-0.25, -0.2) is 0 Å². The minimum atomic E-state index is 0.533. The summed E-state index contributed by atoms with van der Waals surface area (Å²) in [5.41, 5.74) is 0.907. The molecule has 1 aromatic carbocycles. The van der Waals surface area contributed by atoms with E-state index in [2.05, 4.69) is 36.3 Å². The second kappa shape index (κ2) is 6.17. The molecule has 3 aromatic rings. The monoisotopic (exact) mass is 348 g/mol. The van der Waals surface area contributed by atoms with Crippen molar-refractivity contribution in [2.24, 2.45) is 0 Å². The Kier molecular flexibility index (Phi) is 4.10. The molecule has 2 heterocycles. The second-order valence-electron chi connectivity index (χ2n) is 4.60. The molecular weight excluding hydrogens is 336 g/mol. The molecule has 0 saturated heterocycles. The van der Waals surface area contributed by atoms with Crippen molar-refractivity contribution in [1.82, 2.24) is 20.3 Å². The number of nitrogens with zero attached hydrogens (tertiary/aromatic N) is 4. The molecule has 0 N–H and O–H groups in total. The summed E-state index contributed by atoms with van der Waals surface area (Å²) in [5, 5.41) is 11.9. The van der Waals surface area contributed by atoms with E-state index in [-0.39, 0.29) is 0 Å². The lowest BCUT2D eigenvalue weighted by Crippen LogP contribution is -1.90. The zero-order chi connectivity index (χ0) is 14.7. The summed E-state index contributed by atoms with van der Waals surface area (Å²) in [6, 6.07) is 7.75. The van der Waals surface area contributed by atoms with E-state index in [1.165, 1.54) is 0 Å². The molecule has 108 valence electrons. The smallest absolute Gasteiger partial charge is 0.247 e. The molecule has 6 nitrogen and oxygen atoms in total. The molecule has 0 atom stereocenters. The fraction of sp³-hybridized carbons (Fsp3) is 0.286. The lowest BCUT2D eigenvalue weighted by Gasteiger charge is -1.95. The molecule has 3 rings (SSSR count). The summed E-state index contributed by atoms with van der Waals surface area (Å²) < 4.78 is 11.7. The van der Waals surface area contributed by atoms with Gasteiger partial charge < -0.3 is 8.94 Å². The molecule has 0 fully saturated rings. The first kappa shape index (κ1) is 13.9. The van der Waals surface area contributed by atoms with Crippen molar-refractivity contribution in [2.45, 2.75) is 26.2 Å². The van der Waals surface area contributed by atoms with E-state index in [9.17, 15) is 0 Å². The highest BCUT2D eigenvalue weighted by Crippen LogP contribution is 2.20. The average Bonchev–Trinajstić information content (AvgIpc) is 3.09. The van der Waals surface area contributed by atoms with Gasteiger partial charge >= 0.3 is 0 Å². The molecule has 0 unspecified atom stereocenters. The van der Waals surface area contributed by atoms with Crippen molar-refractivity contribution in [1.29, 1.82) is 0 Å². The van der Waals surface area contributed by atoms with E-state index in [4.69, 9.17) is 8.94 Å². The van der Waals surface area contributed by atoms with Gasteiger partial charge in [-0.1, -0.05) is 21.1 Å². The summed E-state index contributed by atoms with van der Waals surface area (Å²) in [4.78, 5) is 4.15. The van der Waals surface area contributed by atoms with E-state index in [1.807, 2.05) is 24.3 Å². The highest BCUT2D eigenvalue weighted by molar-refractivity contribution is 9.10. The maximum absolute atomic E-state index is 5.65. The Morgan fingerprint density at radius 1 is 1.05 bits per heavy atom. The van der Waals surface area contributed by atoms with E-state index in [0.29, 0.717) is 36.3 Å². The topological polar surface area (TPSA) is 77.8 Å². The number of halogens is 1. The van der Waals surface area contributed by atoms with Crippen LogP contribution in [0, 0.1) is 6.92 Å². The molecule has 7 heteroatoms. The summed E-state index contributed by atoms with van der Waals surface area (Å²) in [7, 11) is 0. The third kappa shape index (κ3) is 3.55. The Hall–Kier alpha value is -2.02. The molecular formula is C14H13BrN4O2. The standard InChI is InChI=1S/C14H13BrN4O2/c1-9-16-12(21-19-9)3-2-4-13-17-18-14(20-13)10-5-7-11(15)8-6-10/h5-8H,2-4H2,1H3. The Morgan fingerprint density at radius 2 is 1.81 bits per heavy atom. The van der Waals surface area contributed by atoms with Crippen molar-refractivity contribution in [3.63, 3.8) is 0 Å². The van der Waals surface area contributed by atoms with Crippen molar-refractivity contribution in [2.75, 3.05) is 0 Å². The van der Waals surface area contributed by atoms with Gasteiger partial charge in [0.15, 0.2) is 5.82 Å². The lowest BCUT2D eigenvalue weighted by molar-refractivity contribution is 0.370. The second-order valence-corrected chi connectivity index (χ2v) is 5.51. The molecule has 2 aromatic heterocycles. The van der Waals surface area contributed by atoms with Crippen LogP contribution in [0.3, 0.4) is 0 Å². The summed E-state index contributed by atoms with van der Waals surface area (Å²) >= 11 is 3.39. The minimum Gasteiger partial charge on any atom is -0.421 e. The first-order valence-electron chi connectivity index (χ1n) is 6.58. The number of rotatable bonds is 5. The van der Waals surface area contributed by atoms with Crippen LogP contribution in [0.2, 0.25) is 0 Å². The zero-order valence-corrected chi connectivity index (χ0v) is 13.0. The fourth-order valence-corrected chi connectivity index (χ4v) is 2.16. The molecule has 0 saturated carbocycles. The van der Waals surface area contributed by atoms with Crippen LogP contribution >= 0.6 is 15.9 Å². The van der Waals surface area contributed by atoms with Crippen molar-refractivity contribution < 1.29 is 8.94 Å². The van der Waals surface area contributed by atoms with Gasteiger partial charge in [0, 0.05) is 22.9 Å². The quantitative estimate of drug-likeness (QED) is 0.703. The van der Waals surface area contributed by atoms with Crippen LogP contribution in [-0.2, 0) is 12.8 Å². The zero-order valence-electron chi connectivity index (χ0n) is 11.4. The number of hydrogen-bond donors (Lipinski definition) is 0. The first-order valence-corrected chi connectivity index (χ1v) is 7.37. The molecule has 21 heavy (non-hydrogen) atoms. The van der Waals surface area contributed by atoms with E-state index >= 15 is 0 Å². The van der Waals surface area contributed by atoms with Crippen LogP contribution in [0.4, 0.5) is 0 Å². The van der Waals surface area contributed by atoms with Crippen molar-refractivity contribution >= 4 is 15.9 Å². The maximum Gasteiger partial charge on any atom is 0.247 e. The van der Waals surface area contributed by atoms with E-state index < -0.39 is 0 Å². The molecule has 0 aliphatic carbocycles. The molecule has 0 radical (unpaired) electrons. The molecule has 0 aliphatic rings. The van der Waals surface area contributed by atoms with Gasteiger partial charge in [0.1, 0.15) is 0 Å². The normalized spacial score (nSPS) is 11.0. The summed E-state index contributed by atoms with van der Waals surface area (Å²) in [5.74, 6) is 2.44. The van der Waals surface area contributed by atoms with Gasteiger partial charge in [-0.3, -0.25) is 0 Å². The highest BCUT2D eigenvalue weighted by atomic mass is 79.9. The predicted molar refractivity (Wildman–Crippen MR) is 78.5 cm³/mol. The minimum absolute atomic E-state index is 0.533. The van der Waals surface area contributed by atoms with Gasteiger partial charge in [-0.2, -0.15) is 4.98 Å². The van der Waals surface area contributed by atoms with Gasteiger partial charge in [-0.05, 0) is 37.6 Å². The van der Waals surface area contributed by atoms with E-state index in [1.54, 1.807) is 6.92 Å². The molecule has 0 amide bonds. The molecule has 0 spiro atoms. The average molecular weight is 349 g/mol. The third-order valence-corrected chi connectivity index (χ3v) is 3.44. The Labute approximate surface area is 129 Å². The van der Waals surface area contributed by atoms with Crippen LogP contribution < -0.4 is 0 Å². The van der Waals surface area contributed by atoms with Gasteiger partial charge in [0.2, 0.25) is 17.7 Å². The number of hydrogen-bond acceptors (Lipinski definition) is 6. The van der Waals surface area contributed by atoms with Crippen molar-refractivity contribution in [3.05, 3.63) is 46.3 Å². The van der Waals surface area contributed by atoms with E-state index in [0.717, 1.165) is 16.5 Å². The number of aromatic nitrogens is 4. The first-order chi connectivity index (χ1) is 10.2. The Bertz CT molecular complexity index is 721. The lowest BCUT2D eigenvalue weighted by atomic mass is 10.2. The highest BCUT2D eigenvalue weighted by Gasteiger charge is 2.09. The summed E-state index contributed by atoms with van der Waals surface area (Å²) in [6.07, 6.45) is 2.21. The Morgan fingerprint density at radius 3 is 2.52 bits per heavy atom. The van der Waals surface area contributed by atoms with Crippen LogP contribution in [-0.4, -0.2) is 20.3 Å². The maximum atomic E-state index is 5.65. The fourth-order valence-electron chi connectivity index (χ4n) is 1.90. The van der Waals surface area contributed by atoms with Crippen LogP contribution in [0.15, 0.2) is 37.7 Å². The molecule has 0 aliphatic heterocycles. The number of aryl methyl sites for hydroxylation is 3. The largest absolute Gasteiger partial charge is 0.421 e. The number of benzene rings is 1. The van der Waals surface area contributed by atoms with Gasteiger partial charge in [0.05, 0.1) is 0 Å². The van der Waals surface area contributed by atoms with Crippen molar-refractivity contribution in [3.8, 4) is 11.5 Å². The predicted octanol–water partition coefficient (Wildman–Crippen LogP) is 3.37.